The van der Waals surface area contributed by atoms with Crippen LogP contribution >= 0.6 is 12.2 Å². The van der Waals surface area contributed by atoms with Crippen LogP contribution in [0.5, 0.6) is 0 Å². The number of benzene rings is 1. The van der Waals surface area contributed by atoms with Crippen molar-refractivity contribution in [1.29, 1.82) is 0 Å². The molecule has 1 aromatic carbocycles. The van der Waals surface area contributed by atoms with Crippen molar-refractivity contribution in [2.24, 2.45) is 0 Å². The van der Waals surface area contributed by atoms with Gasteiger partial charge >= 0.3 is 18.0 Å². The molecule has 178 valence electrons. The molecule has 0 saturated heterocycles. The number of aromatic nitrogens is 1. The number of methoxy groups -OCH3 is 1. The second-order valence-electron chi connectivity index (χ2n) is 8.35. The van der Waals surface area contributed by atoms with Gasteiger partial charge in [0.15, 0.2) is 0 Å². The number of ether oxygens (including phenoxy) is 3. The van der Waals surface area contributed by atoms with Crippen LogP contribution in [-0.4, -0.2) is 41.4 Å². The maximum absolute atomic E-state index is 12.8. The van der Waals surface area contributed by atoms with E-state index in [1.165, 1.54) is 7.11 Å². The summed E-state index contributed by atoms with van der Waals surface area (Å²) in [6, 6.07) is 12.6. The van der Waals surface area contributed by atoms with E-state index in [2.05, 4.69) is 5.32 Å². The fourth-order valence-corrected chi connectivity index (χ4v) is 3.32. The number of amides is 1. The van der Waals surface area contributed by atoms with E-state index in [0.717, 1.165) is 5.56 Å². The maximum Gasteiger partial charge on any atom is 0.408 e. The number of hydrogen-bond donors (Lipinski definition) is 1. The van der Waals surface area contributed by atoms with Crippen molar-refractivity contribution < 1.29 is 28.6 Å². The standard InChI is InChI=1S/C24H30N2O6S/c1-24(2,3)32-23(29)25-18(21(27)31-16-17-10-6-5-7-11-17)13-14-19(22(28)30-4)26-15-9-8-12-20(26)33/h5-12,15,18-19H,13-14,16H2,1-4H3,(H,25,29)/t18-,19?/m0/s1. The Labute approximate surface area is 198 Å². The molecule has 2 atom stereocenters. The van der Waals surface area contributed by atoms with E-state index in [0.29, 0.717) is 4.64 Å². The lowest BCUT2D eigenvalue weighted by Crippen LogP contribution is -2.44. The molecule has 1 unspecified atom stereocenters. The number of hydrogen-bond acceptors (Lipinski definition) is 7. The molecule has 33 heavy (non-hydrogen) atoms. The van der Waals surface area contributed by atoms with Crippen molar-refractivity contribution in [2.45, 2.75) is 57.9 Å². The second-order valence-corrected chi connectivity index (χ2v) is 8.77. The molecule has 1 aromatic heterocycles. The molecule has 0 spiro atoms. The molecule has 0 aliphatic heterocycles. The van der Waals surface area contributed by atoms with Crippen LogP contribution in [0, 0.1) is 4.64 Å². The summed E-state index contributed by atoms with van der Waals surface area (Å²) in [5.41, 5.74) is 0.0683. The molecule has 0 saturated carbocycles. The molecule has 2 aromatic rings. The van der Waals surface area contributed by atoms with Gasteiger partial charge in [-0.3, -0.25) is 0 Å². The number of carbonyl (C=O) groups is 3. The Morgan fingerprint density at radius 3 is 2.27 bits per heavy atom. The number of nitrogens with one attached hydrogen (secondary N) is 1. The second kappa shape index (κ2) is 12.2. The topological polar surface area (TPSA) is 95.9 Å². The van der Waals surface area contributed by atoms with Crippen molar-refractivity contribution >= 4 is 30.2 Å². The first-order valence-corrected chi connectivity index (χ1v) is 11.0. The summed E-state index contributed by atoms with van der Waals surface area (Å²) in [4.78, 5) is 37.6. The molecule has 1 heterocycles. The fraction of sp³-hybridized carbons (Fsp3) is 0.417. The third-order valence-electron chi connectivity index (χ3n) is 4.59. The Hall–Kier alpha value is -3.20. The highest BCUT2D eigenvalue weighted by Gasteiger charge is 2.29. The number of alkyl carbamates (subject to hydrolysis) is 1. The maximum atomic E-state index is 12.8. The fourth-order valence-electron chi connectivity index (χ4n) is 3.06. The van der Waals surface area contributed by atoms with Crippen LogP contribution in [0.3, 0.4) is 0 Å². The summed E-state index contributed by atoms with van der Waals surface area (Å²) >= 11 is 5.33. The Balaban J connectivity index is 2.17. The minimum absolute atomic E-state index is 0.0519. The predicted octanol–water partition coefficient (Wildman–Crippen LogP) is 4.35. The van der Waals surface area contributed by atoms with Crippen molar-refractivity contribution in [1.82, 2.24) is 9.88 Å². The van der Waals surface area contributed by atoms with Crippen LogP contribution in [0.2, 0.25) is 0 Å². The highest BCUT2D eigenvalue weighted by atomic mass is 32.1. The van der Waals surface area contributed by atoms with E-state index < -0.39 is 35.7 Å². The van der Waals surface area contributed by atoms with Gasteiger partial charge in [-0.1, -0.05) is 48.6 Å². The average Bonchev–Trinajstić information content (AvgIpc) is 2.77. The molecule has 2 rings (SSSR count). The first-order chi connectivity index (χ1) is 15.6. The van der Waals surface area contributed by atoms with Gasteiger partial charge < -0.3 is 24.1 Å². The Morgan fingerprint density at radius 1 is 1.00 bits per heavy atom. The first kappa shape index (κ1) is 26.1. The summed E-state index contributed by atoms with van der Waals surface area (Å²) in [5.74, 6) is -1.14. The van der Waals surface area contributed by atoms with E-state index in [1.54, 1.807) is 49.7 Å². The highest BCUT2D eigenvalue weighted by Crippen LogP contribution is 2.19. The quantitative estimate of drug-likeness (QED) is 0.328. The Bertz CT molecular complexity index is 1000. The van der Waals surface area contributed by atoms with Crippen LogP contribution in [0.15, 0.2) is 54.7 Å². The van der Waals surface area contributed by atoms with Gasteiger partial charge in [0, 0.05) is 6.20 Å². The number of nitrogens with zero attached hydrogens (tertiary/aromatic N) is 1. The molecule has 1 amide bonds. The molecule has 0 aliphatic rings. The predicted molar refractivity (Wildman–Crippen MR) is 125 cm³/mol. The molecule has 0 radical (unpaired) electrons. The largest absolute Gasteiger partial charge is 0.467 e. The summed E-state index contributed by atoms with van der Waals surface area (Å²) < 4.78 is 17.7. The minimum atomic E-state index is -1.03. The lowest BCUT2D eigenvalue weighted by atomic mass is 10.1. The van der Waals surface area contributed by atoms with Gasteiger partial charge in [0.1, 0.15) is 28.9 Å². The molecule has 8 nitrogen and oxygen atoms in total. The van der Waals surface area contributed by atoms with E-state index in [4.69, 9.17) is 26.4 Å². The normalized spacial score (nSPS) is 12.8. The SMILES string of the molecule is COC(=O)C(CC[C@H](NC(=O)OC(C)(C)C)C(=O)OCc1ccccc1)n1ccccc1=S. The smallest absolute Gasteiger partial charge is 0.408 e. The van der Waals surface area contributed by atoms with Crippen molar-refractivity contribution in [3.8, 4) is 0 Å². The van der Waals surface area contributed by atoms with E-state index in [9.17, 15) is 14.4 Å². The zero-order chi connectivity index (χ0) is 24.4. The van der Waals surface area contributed by atoms with E-state index in [1.807, 2.05) is 30.3 Å². The third-order valence-corrected chi connectivity index (χ3v) is 4.94. The first-order valence-electron chi connectivity index (χ1n) is 10.6. The molecular weight excluding hydrogens is 444 g/mol. The van der Waals surface area contributed by atoms with Gasteiger partial charge in [0.25, 0.3) is 0 Å². The van der Waals surface area contributed by atoms with Gasteiger partial charge in [0.05, 0.1) is 7.11 Å². The highest BCUT2D eigenvalue weighted by molar-refractivity contribution is 7.71. The summed E-state index contributed by atoms with van der Waals surface area (Å²) in [6.07, 6.45) is 1.19. The number of rotatable bonds is 9. The van der Waals surface area contributed by atoms with Crippen LogP contribution in [0.25, 0.3) is 0 Å². The zero-order valence-electron chi connectivity index (χ0n) is 19.3. The molecular formula is C24H30N2O6S. The van der Waals surface area contributed by atoms with Crippen LogP contribution < -0.4 is 5.32 Å². The van der Waals surface area contributed by atoms with Crippen molar-refractivity contribution in [3.05, 3.63) is 64.9 Å². The van der Waals surface area contributed by atoms with E-state index in [-0.39, 0.29) is 19.4 Å². The average molecular weight is 475 g/mol. The van der Waals surface area contributed by atoms with Crippen molar-refractivity contribution in [3.63, 3.8) is 0 Å². The van der Waals surface area contributed by atoms with Crippen LogP contribution in [0.4, 0.5) is 4.79 Å². The summed E-state index contributed by atoms with van der Waals surface area (Å²) in [7, 11) is 1.28. The monoisotopic (exact) mass is 474 g/mol. The van der Waals surface area contributed by atoms with Crippen LogP contribution in [-0.2, 0) is 30.4 Å². The van der Waals surface area contributed by atoms with Gasteiger partial charge in [-0.25, -0.2) is 14.4 Å². The summed E-state index contributed by atoms with van der Waals surface area (Å²) in [6.45, 7) is 5.22. The lowest BCUT2D eigenvalue weighted by molar-refractivity contribution is -0.149. The third kappa shape index (κ3) is 8.69. The Kier molecular flexibility index (Phi) is 9.59. The zero-order valence-corrected chi connectivity index (χ0v) is 20.1. The number of pyridine rings is 1. The molecule has 1 N–H and O–H groups in total. The van der Waals surface area contributed by atoms with E-state index >= 15 is 0 Å². The lowest BCUT2D eigenvalue weighted by Gasteiger charge is -2.24. The van der Waals surface area contributed by atoms with Gasteiger partial charge in [-0.2, -0.15) is 0 Å². The molecule has 0 aliphatic carbocycles. The van der Waals surface area contributed by atoms with Gasteiger partial charge in [-0.15, -0.1) is 0 Å². The van der Waals surface area contributed by atoms with Gasteiger partial charge in [-0.05, 0) is 51.3 Å². The number of esters is 2. The molecule has 9 heteroatoms. The minimum Gasteiger partial charge on any atom is -0.467 e. The van der Waals surface area contributed by atoms with Gasteiger partial charge in [0.2, 0.25) is 0 Å². The number of carbonyl (C=O) groups excluding carboxylic acids is 3. The summed E-state index contributed by atoms with van der Waals surface area (Å²) in [5, 5.41) is 2.56. The molecule has 0 fully saturated rings. The Morgan fingerprint density at radius 2 is 1.67 bits per heavy atom. The molecule has 0 bridgehead atoms. The van der Waals surface area contributed by atoms with Crippen LogP contribution in [0.1, 0.15) is 45.2 Å². The van der Waals surface area contributed by atoms with Crippen molar-refractivity contribution in [2.75, 3.05) is 7.11 Å².